The van der Waals surface area contributed by atoms with Crippen LogP contribution in [0.1, 0.15) is 19.4 Å². The maximum atomic E-state index is 6.15. The van der Waals surface area contributed by atoms with E-state index in [-0.39, 0.29) is 29.4 Å². The molecule has 0 amide bonds. The number of aliphatic imine (C=N–C) groups is 1. The first-order chi connectivity index (χ1) is 9.84. The van der Waals surface area contributed by atoms with E-state index < -0.39 is 0 Å². The smallest absolute Gasteiger partial charge is 0.191 e. The highest BCUT2D eigenvalue weighted by Crippen LogP contribution is 2.15. The van der Waals surface area contributed by atoms with Gasteiger partial charge in [0.05, 0.1) is 0 Å². The summed E-state index contributed by atoms with van der Waals surface area (Å²) in [7, 11) is 5.96. The molecule has 1 rings (SSSR count). The van der Waals surface area contributed by atoms with Gasteiger partial charge in [-0.15, -0.1) is 24.0 Å². The van der Waals surface area contributed by atoms with Gasteiger partial charge in [-0.1, -0.05) is 43.6 Å². The van der Waals surface area contributed by atoms with E-state index in [1.54, 1.807) is 7.05 Å². The third-order valence-electron chi connectivity index (χ3n) is 3.11. The summed E-state index contributed by atoms with van der Waals surface area (Å²) in [6, 6.07) is 7.83. The standard InChI is InChI=1S/C16H27ClN4.HI/c1-16(2,12-21(4)5)11-20-15(18-3)19-10-13-8-6-7-9-14(13)17;/h6-9H,10-12H2,1-5H3,(H2,18,19,20);1H. The lowest BCUT2D eigenvalue weighted by molar-refractivity contribution is 0.241. The van der Waals surface area contributed by atoms with Gasteiger partial charge in [-0.05, 0) is 31.1 Å². The summed E-state index contributed by atoms with van der Waals surface area (Å²) in [6.07, 6.45) is 0. The molecule has 0 saturated heterocycles. The summed E-state index contributed by atoms with van der Waals surface area (Å²) < 4.78 is 0. The second-order valence-corrected chi connectivity index (χ2v) is 6.68. The maximum absolute atomic E-state index is 6.15. The monoisotopic (exact) mass is 438 g/mol. The quantitative estimate of drug-likeness (QED) is 0.407. The van der Waals surface area contributed by atoms with Crippen LogP contribution in [0.5, 0.6) is 0 Å². The van der Waals surface area contributed by atoms with Gasteiger partial charge < -0.3 is 15.5 Å². The molecule has 0 radical (unpaired) electrons. The van der Waals surface area contributed by atoms with Crippen LogP contribution in [0, 0.1) is 5.41 Å². The zero-order valence-electron chi connectivity index (χ0n) is 14.1. The average molecular weight is 439 g/mol. The van der Waals surface area contributed by atoms with Crippen molar-refractivity contribution in [1.29, 1.82) is 0 Å². The minimum absolute atomic E-state index is 0. The molecule has 0 aliphatic heterocycles. The molecule has 0 spiro atoms. The van der Waals surface area contributed by atoms with Crippen molar-refractivity contribution in [3.63, 3.8) is 0 Å². The molecule has 22 heavy (non-hydrogen) atoms. The second kappa shape index (κ2) is 10.3. The Bertz CT molecular complexity index is 475. The van der Waals surface area contributed by atoms with Gasteiger partial charge in [0.2, 0.25) is 0 Å². The number of hydrogen-bond acceptors (Lipinski definition) is 2. The highest BCUT2D eigenvalue weighted by molar-refractivity contribution is 14.0. The van der Waals surface area contributed by atoms with E-state index in [4.69, 9.17) is 11.6 Å². The van der Waals surface area contributed by atoms with Crippen molar-refractivity contribution in [1.82, 2.24) is 15.5 Å². The molecule has 0 aromatic heterocycles. The predicted octanol–water partition coefficient (Wildman–Crippen LogP) is 3.21. The highest BCUT2D eigenvalue weighted by Gasteiger charge is 2.19. The van der Waals surface area contributed by atoms with Crippen LogP contribution in [0.2, 0.25) is 5.02 Å². The molecule has 4 nitrogen and oxygen atoms in total. The molecular formula is C16H28ClIN4. The van der Waals surface area contributed by atoms with Crippen LogP contribution in [-0.4, -0.2) is 45.1 Å². The van der Waals surface area contributed by atoms with Crippen molar-refractivity contribution in [2.75, 3.05) is 34.2 Å². The largest absolute Gasteiger partial charge is 0.356 e. The van der Waals surface area contributed by atoms with Crippen molar-refractivity contribution in [3.8, 4) is 0 Å². The van der Waals surface area contributed by atoms with Gasteiger partial charge in [0.15, 0.2) is 5.96 Å². The van der Waals surface area contributed by atoms with E-state index in [1.165, 1.54) is 0 Å². The summed E-state index contributed by atoms with van der Waals surface area (Å²) in [5.41, 5.74) is 1.24. The number of guanidine groups is 1. The topological polar surface area (TPSA) is 39.7 Å². The fraction of sp³-hybridized carbons (Fsp3) is 0.562. The molecule has 6 heteroatoms. The molecule has 0 aliphatic rings. The summed E-state index contributed by atoms with van der Waals surface area (Å²) in [5, 5.41) is 7.44. The number of hydrogen-bond donors (Lipinski definition) is 2. The van der Waals surface area contributed by atoms with Crippen molar-refractivity contribution in [3.05, 3.63) is 34.9 Å². The fourth-order valence-electron chi connectivity index (χ4n) is 2.28. The first-order valence-electron chi connectivity index (χ1n) is 7.17. The Morgan fingerprint density at radius 2 is 1.86 bits per heavy atom. The van der Waals surface area contributed by atoms with Gasteiger partial charge in [-0.2, -0.15) is 0 Å². The van der Waals surface area contributed by atoms with Crippen LogP contribution in [0.3, 0.4) is 0 Å². The average Bonchev–Trinajstić information content (AvgIpc) is 2.39. The van der Waals surface area contributed by atoms with E-state index in [0.717, 1.165) is 29.6 Å². The van der Waals surface area contributed by atoms with Crippen molar-refractivity contribution < 1.29 is 0 Å². The van der Waals surface area contributed by atoms with Crippen LogP contribution in [0.25, 0.3) is 0 Å². The molecule has 0 heterocycles. The van der Waals surface area contributed by atoms with E-state index in [9.17, 15) is 0 Å². The first-order valence-corrected chi connectivity index (χ1v) is 7.54. The van der Waals surface area contributed by atoms with E-state index in [2.05, 4.69) is 48.5 Å². The molecule has 126 valence electrons. The van der Waals surface area contributed by atoms with Crippen molar-refractivity contribution in [2.24, 2.45) is 10.4 Å². The van der Waals surface area contributed by atoms with Gasteiger partial charge in [0.1, 0.15) is 0 Å². The number of benzene rings is 1. The minimum Gasteiger partial charge on any atom is -0.356 e. The molecule has 0 saturated carbocycles. The van der Waals surface area contributed by atoms with Crippen LogP contribution in [-0.2, 0) is 6.54 Å². The Hall–Kier alpha value is -0.530. The molecule has 0 bridgehead atoms. The SMILES string of the molecule is CN=C(NCc1ccccc1Cl)NCC(C)(C)CN(C)C.I. The van der Waals surface area contributed by atoms with E-state index in [1.807, 2.05) is 24.3 Å². The van der Waals surface area contributed by atoms with E-state index >= 15 is 0 Å². The predicted molar refractivity (Wildman–Crippen MR) is 107 cm³/mol. The molecular weight excluding hydrogens is 411 g/mol. The lowest BCUT2D eigenvalue weighted by Crippen LogP contribution is -2.44. The third kappa shape index (κ3) is 8.19. The van der Waals surface area contributed by atoms with E-state index in [0.29, 0.717) is 6.54 Å². The Balaban J connectivity index is 0.00000441. The van der Waals surface area contributed by atoms with Gasteiger partial charge in [-0.3, -0.25) is 4.99 Å². The Kier molecular flexibility index (Phi) is 10.0. The zero-order valence-corrected chi connectivity index (χ0v) is 17.2. The minimum atomic E-state index is 0. The second-order valence-electron chi connectivity index (χ2n) is 6.27. The Morgan fingerprint density at radius 1 is 1.23 bits per heavy atom. The zero-order chi connectivity index (χ0) is 15.9. The lowest BCUT2D eigenvalue weighted by atomic mass is 9.93. The normalized spacial score (nSPS) is 12.0. The molecule has 1 aromatic carbocycles. The van der Waals surface area contributed by atoms with Crippen molar-refractivity contribution in [2.45, 2.75) is 20.4 Å². The summed E-state index contributed by atoms with van der Waals surface area (Å²) >= 11 is 6.15. The van der Waals surface area contributed by atoms with Crippen LogP contribution < -0.4 is 10.6 Å². The fourth-order valence-corrected chi connectivity index (χ4v) is 2.48. The Morgan fingerprint density at radius 3 is 2.41 bits per heavy atom. The lowest BCUT2D eigenvalue weighted by Gasteiger charge is -2.29. The van der Waals surface area contributed by atoms with Gasteiger partial charge >= 0.3 is 0 Å². The number of nitrogens with one attached hydrogen (secondary N) is 2. The molecule has 0 fully saturated rings. The Labute approximate surface area is 156 Å². The first kappa shape index (κ1) is 21.5. The third-order valence-corrected chi connectivity index (χ3v) is 3.48. The molecule has 2 N–H and O–H groups in total. The maximum Gasteiger partial charge on any atom is 0.191 e. The molecule has 0 atom stereocenters. The molecule has 1 aromatic rings. The van der Waals surface area contributed by atoms with Crippen molar-refractivity contribution >= 4 is 41.5 Å². The summed E-state index contributed by atoms with van der Waals surface area (Å²) in [4.78, 5) is 6.45. The van der Waals surface area contributed by atoms with Gasteiger partial charge in [-0.25, -0.2) is 0 Å². The molecule has 0 unspecified atom stereocenters. The molecule has 0 aliphatic carbocycles. The van der Waals surface area contributed by atoms with Gasteiger partial charge in [0.25, 0.3) is 0 Å². The van der Waals surface area contributed by atoms with Crippen LogP contribution in [0.15, 0.2) is 29.3 Å². The number of rotatable bonds is 6. The highest BCUT2D eigenvalue weighted by atomic mass is 127. The summed E-state index contributed by atoms with van der Waals surface area (Å²) in [5.74, 6) is 0.793. The van der Waals surface area contributed by atoms with Crippen LogP contribution >= 0.6 is 35.6 Å². The number of halogens is 2. The van der Waals surface area contributed by atoms with Crippen LogP contribution in [0.4, 0.5) is 0 Å². The number of nitrogens with zero attached hydrogens (tertiary/aromatic N) is 2. The summed E-state index contributed by atoms with van der Waals surface area (Å²) in [6.45, 7) is 7.00. The van der Waals surface area contributed by atoms with Gasteiger partial charge in [0, 0.05) is 31.7 Å².